The van der Waals surface area contributed by atoms with Crippen LogP contribution < -0.4 is 10.6 Å². The number of nitrogens with zero attached hydrogens (tertiary/aromatic N) is 1. The van der Waals surface area contributed by atoms with E-state index in [-0.39, 0.29) is 11.6 Å². The van der Waals surface area contributed by atoms with Gasteiger partial charge in [-0.1, -0.05) is 11.6 Å². The van der Waals surface area contributed by atoms with E-state index >= 15 is 0 Å². The number of benzene rings is 1. The second kappa shape index (κ2) is 5.70. The minimum Gasteiger partial charge on any atom is -0.372 e. The lowest BCUT2D eigenvalue weighted by Crippen LogP contribution is -2.48. The molecular formula is C15H23ClN2O. The molecule has 1 saturated heterocycles. The van der Waals surface area contributed by atoms with Crippen molar-refractivity contribution < 1.29 is 4.74 Å². The smallest absolute Gasteiger partial charge is 0.0801 e. The maximum absolute atomic E-state index is 6.11. The first-order valence-electron chi connectivity index (χ1n) is 6.80. The Labute approximate surface area is 120 Å². The Morgan fingerprint density at radius 1 is 1.47 bits per heavy atom. The molecule has 1 heterocycles. The summed E-state index contributed by atoms with van der Waals surface area (Å²) in [6, 6.07) is 6.21. The summed E-state index contributed by atoms with van der Waals surface area (Å²) in [7, 11) is 0. The van der Waals surface area contributed by atoms with E-state index in [1.165, 1.54) is 11.3 Å². The minimum atomic E-state index is -0.108. The van der Waals surface area contributed by atoms with Crippen molar-refractivity contribution in [2.45, 2.75) is 38.8 Å². The lowest BCUT2D eigenvalue weighted by atomic mass is 10.0. The zero-order valence-corrected chi connectivity index (χ0v) is 12.7. The molecule has 1 unspecified atom stereocenters. The molecule has 106 valence electrons. The van der Waals surface area contributed by atoms with Crippen molar-refractivity contribution >= 4 is 17.3 Å². The fraction of sp³-hybridized carbons (Fsp3) is 0.600. The van der Waals surface area contributed by atoms with Gasteiger partial charge in [0.15, 0.2) is 0 Å². The first-order valence-corrected chi connectivity index (χ1v) is 7.18. The van der Waals surface area contributed by atoms with Gasteiger partial charge in [0.05, 0.1) is 12.2 Å². The summed E-state index contributed by atoms with van der Waals surface area (Å²) in [4.78, 5) is 2.37. The summed E-state index contributed by atoms with van der Waals surface area (Å²) in [6.45, 7) is 8.83. The van der Waals surface area contributed by atoms with Crippen molar-refractivity contribution in [2.24, 2.45) is 5.73 Å². The Morgan fingerprint density at radius 2 is 2.21 bits per heavy atom. The molecule has 0 aliphatic carbocycles. The summed E-state index contributed by atoms with van der Waals surface area (Å²) in [5, 5.41) is 0.770. The van der Waals surface area contributed by atoms with Gasteiger partial charge in [0, 0.05) is 29.8 Å². The maximum Gasteiger partial charge on any atom is 0.0801 e. The normalized spacial score (nSPS) is 20.4. The third-order valence-corrected chi connectivity index (χ3v) is 3.58. The van der Waals surface area contributed by atoms with Crippen molar-refractivity contribution in [3.8, 4) is 0 Å². The van der Waals surface area contributed by atoms with Gasteiger partial charge in [-0.3, -0.25) is 0 Å². The van der Waals surface area contributed by atoms with Crippen LogP contribution in [0.25, 0.3) is 0 Å². The molecule has 1 aromatic carbocycles. The predicted molar refractivity (Wildman–Crippen MR) is 81.0 cm³/mol. The molecule has 1 fully saturated rings. The zero-order chi connectivity index (χ0) is 14.0. The van der Waals surface area contributed by atoms with Gasteiger partial charge < -0.3 is 15.4 Å². The van der Waals surface area contributed by atoms with Crippen LogP contribution in [0.5, 0.6) is 0 Å². The van der Waals surface area contributed by atoms with Crippen molar-refractivity contribution in [3.05, 3.63) is 28.8 Å². The molecule has 2 rings (SSSR count). The quantitative estimate of drug-likeness (QED) is 0.926. The fourth-order valence-corrected chi connectivity index (χ4v) is 2.79. The second-order valence-electron chi connectivity index (χ2n) is 5.98. The van der Waals surface area contributed by atoms with Crippen LogP contribution in [0.3, 0.4) is 0 Å². The Bertz CT molecular complexity index is 446. The van der Waals surface area contributed by atoms with E-state index in [4.69, 9.17) is 22.1 Å². The largest absolute Gasteiger partial charge is 0.372 e. The molecule has 1 aliphatic rings. The maximum atomic E-state index is 6.11. The molecule has 0 aromatic heterocycles. The summed E-state index contributed by atoms with van der Waals surface area (Å²) >= 11 is 6.11. The molecule has 1 aromatic rings. The highest BCUT2D eigenvalue weighted by Gasteiger charge is 2.28. The average Bonchev–Trinajstić information content (AvgIpc) is 2.26. The van der Waals surface area contributed by atoms with Crippen molar-refractivity contribution in [3.63, 3.8) is 0 Å². The summed E-state index contributed by atoms with van der Waals surface area (Å²) < 4.78 is 5.77. The third-order valence-electron chi connectivity index (χ3n) is 3.35. The van der Waals surface area contributed by atoms with Crippen LogP contribution in [0.2, 0.25) is 5.02 Å². The van der Waals surface area contributed by atoms with Crippen molar-refractivity contribution in [1.82, 2.24) is 0 Å². The summed E-state index contributed by atoms with van der Waals surface area (Å²) in [5.41, 5.74) is 8.29. The molecule has 1 atom stereocenters. The molecule has 0 spiro atoms. The van der Waals surface area contributed by atoms with Crippen LogP contribution >= 0.6 is 11.6 Å². The standard InChI is InChI=1S/C15H23ClN2O/c1-11(17)8-12-9-13(16)4-5-14(12)18-6-7-19-15(2,3)10-18/h4-5,9,11H,6-8,10,17H2,1-3H3. The molecule has 4 heteroatoms. The number of morpholine rings is 1. The average molecular weight is 283 g/mol. The summed E-state index contributed by atoms with van der Waals surface area (Å²) in [6.07, 6.45) is 0.841. The lowest BCUT2D eigenvalue weighted by Gasteiger charge is -2.40. The first kappa shape index (κ1) is 14.6. The van der Waals surface area contributed by atoms with E-state index < -0.39 is 0 Å². The Kier molecular flexibility index (Phi) is 4.39. The Balaban J connectivity index is 2.27. The van der Waals surface area contributed by atoms with Gasteiger partial charge in [0.1, 0.15) is 0 Å². The molecule has 0 saturated carbocycles. The second-order valence-corrected chi connectivity index (χ2v) is 6.42. The minimum absolute atomic E-state index is 0.108. The zero-order valence-electron chi connectivity index (χ0n) is 11.9. The van der Waals surface area contributed by atoms with Crippen molar-refractivity contribution in [1.29, 1.82) is 0 Å². The van der Waals surface area contributed by atoms with Crippen LogP contribution in [0.1, 0.15) is 26.3 Å². The van der Waals surface area contributed by atoms with E-state index in [9.17, 15) is 0 Å². The number of rotatable bonds is 3. The van der Waals surface area contributed by atoms with Gasteiger partial charge in [-0.25, -0.2) is 0 Å². The molecule has 0 amide bonds. The lowest BCUT2D eigenvalue weighted by molar-refractivity contribution is -0.0277. The Morgan fingerprint density at radius 3 is 2.84 bits per heavy atom. The van der Waals surface area contributed by atoms with Crippen LogP contribution in [-0.4, -0.2) is 31.3 Å². The molecule has 1 aliphatic heterocycles. The predicted octanol–water partition coefficient (Wildman–Crippen LogP) is 2.84. The van der Waals surface area contributed by atoms with E-state index in [1.54, 1.807) is 0 Å². The van der Waals surface area contributed by atoms with Gasteiger partial charge in [0.25, 0.3) is 0 Å². The van der Waals surface area contributed by atoms with Gasteiger partial charge in [-0.15, -0.1) is 0 Å². The fourth-order valence-electron chi connectivity index (χ4n) is 2.60. The van der Waals surface area contributed by atoms with Gasteiger partial charge >= 0.3 is 0 Å². The first-order chi connectivity index (χ1) is 8.87. The third kappa shape index (κ3) is 3.85. The van der Waals surface area contributed by atoms with Gasteiger partial charge in [0.2, 0.25) is 0 Å². The number of nitrogens with two attached hydrogens (primary N) is 1. The molecule has 19 heavy (non-hydrogen) atoms. The SMILES string of the molecule is CC(N)Cc1cc(Cl)ccc1N1CCOC(C)(C)C1. The van der Waals surface area contributed by atoms with E-state index in [2.05, 4.69) is 24.8 Å². The monoisotopic (exact) mass is 282 g/mol. The highest BCUT2D eigenvalue weighted by atomic mass is 35.5. The van der Waals surface area contributed by atoms with Crippen LogP contribution in [0.15, 0.2) is 18.2 Å². The van der Waals surface area contributed by atoms with Gasteiger partial charge in [-0.05, 0) is 51.0 Å². The van der Waals surface area contributed by atoms with E-state index in [0.717, 1.165) is 31.1 Å². The van der Waals surface area contributed by atoms with Crippen LogP contribution in [-0.2, 0) is 11.2 Å². The molecule has 0 bridgehead atoms. The molecule has 0 radical (unpaired) electrons. The van der Waals surface area contributed by atoms with Gasteiger partial charge in [-0.2, -0.15) is 0 Å². The highest BCUT2D eigenvalue weighted by molar-refractivity contribution is 6.30. The summed E-state index contributed by atoms with van der Waals surface area (Å²) in [5.74, 6) is 0. The molecule has 2 N–H and O–H groups in total. The van der Waals surface area contributed by atoms with Crippen molar-refractivity contribution in [2.75, 3.05) is 24.6 Å². The molecule has 3 nitrogen and oxygen atoms in total. The van der Waals surface area contributed by atoms with Crippen LogP contribution in [0.4, 0.5) is 5.69 Å². The number of hydrogen-bond donors (Lipinski definition) is 1. The van der Waals surface area contributed by atoms with E-state index in [0.29, 0.717) is 0 Å². The topological polar surface area (TPSA) is 38.5 Å². The highest BCUT2D eigenvalue weighted by Crippen LogP contribution is 2.29. The number of halogens is 1. The van der Waals surface area contributed by atoms with Crippen LogP contribution in [0, 0.1) is 0 Å². The Hall–Kier alpha value is -0.770. The van der Waals surface area contributed by atoms with E-state index in [1.807, 2.05) is 19.1 Å². The molecular weight excluding hydrogens is 260 g/mol. The number of anilines is 1. The number of hydrogen-bond acceptors (Lipinski definition) is 3. The number of ether oxygens (including phenoxy) is 1.